The molecule has 0 aromatic rings. The van der Waals surface area contributed by atoms with E-state index in [0.29, 0.717) is 29.2 Å². The van der Waals surface area contributed by atoms with Crippen molar-refractivity contribution in [2.45, 2.75) is 92.5 Å². The van der Waals surface area contributed by atoms with Crippen LogP contribution in [0.25, 0.3) is 0 Å². The first-order valence-corrected chi connectivity index (χ1v) is 15.5. The Labute approximate surface area is 262 Å². The number of piperidine rings is 1. The predicted octanol–water partition coefficient (Wildman–Crippen LogP) is 5.08. The molecule has 5 atom stereocenters. The molecule has 0 saturated carbocycles. The Kier molecular flexibility index (Phi) is 20.6. The third-order valence-electron chi connectivity index (χ3n) is 9.76. The predicted molar refractivity (Wildman–Crippen MR) is 180 cm³/mol. The van der Waals surface area contributed by atoms with Crippen LogP contribution in [-0.2, 0) is 4.74 Å². The van der Waals surface area contributed by atoms with E-state index in [1.54, 1.807) is 5.57 Å². The molecule has 0 spiro atoms. The van der Waals surface area contributed by atoms with Crippen LogP contribution in [0.5, 0.6) is 0 Å². The van der Waals surface area contributed by atoms with Crippen molar-refractivity contribution >= 4 is 11.6 Å². The quantitative estimate of drug-likeness (QED) is 0.341. The minimum absolute atomic E-state index is 0. The van der Waals surface area contributed by atoms with Gasteiger partial charge in [-0.1, -0.05) is 82.7 Å². The molecule has 0 aromatic heterocycles. The Morgan fingerprint density at radius 2 is 1.79 bits per heavy atom. The highest BCUT2D eigenvalue weighted by molar-refractivity contribution is 6.29. The number of methoxy groups -OCH3 is 1. The molecule has 0 aromatic carbocycles. The van der Waals surface area contributed by atoms with Crippen molar-refractivity contribution in [3.8, 4) is 0 Å². The van der Waals surface area contributed by atoms with Crippen molar-refractivity contribution in [3.05, 3.63) is 46.6 Å². The molecule has 0 amide bonds. The third-order valence-corrected chi connectivity index (χ3v) is 10.1. The molecule has 1 saturated heterocycles. The third kappa shape index (κ3) is 11.8. The Bertz CT molecular complexity index is 885. The van der Waals surface area contributed by atoms with Gasteiger partial charge in [-0.05, 0) is 98.5 Å². The molecule has 248 valence electrons. The fourth-order valence-electron chi connectivity index (χ4n) is 7.63. The topological polar surface area (TPSA) is 150 Å². The zero-order valence-electron chi connectivity index (χ0n) is 26.3. The average molecular weight is 617 g/mol. The van der Waals surface area contributed by atoms with Gasteiger partial charge in [0, 0.05) is 37.8 Å². The van der Waals surface area contributed by atoms with Gasteiger partial charge < -0.3 is 36.9 Å². The van der Waals surface area contributed by atoms with Crippen molar-refractivity contribution in [1.29, 1.82) is 0 Å². The molecule has 0 bridgehead atoms. The highest BCUT2D eigenvalue weighted by atomic mass is 35.5. The number of hydrogen-bond donors (Lipinski definition) is 1. The number of likely N-dealkylation sites (tertiary alicyclic amines) is 1. The van der Waals surface area contributed by atoms with Gasteiger partial charge in [0.15, 0.2) is 0 Å². The number of nitrogens with one attached hydrogen (secondary N) is 1. The Morgan fingerprint density at radius 3 is 2.40 bits per heavy atom. The Morgan fingerprint density at radius 1 is 1.05 bits per heavy atom. The molecule has 42 heavy (non-hydrogen) atoms. The minimum Gasteiger partial charge on any atom is -0.412 e. The molecule has 1 heterocycles. The molecule has 1 fully saturated rings. The summed E-state index contributed by atoms with van der Waals surface area (Å²) >= 11 is 6.28. The van der Waals surface area contributed by atoms with Gasteiger partial charge in [-0.25, -0.2) is 0 Å². The van der Waals surface area contributed by atoms with Crippen LogP contribution >= 0.6 is 11.6 Å². The molecule has 4 rings (SSSR count). The standard InChI is InChI=1S/C33H53ClN2O.CH4.4H2O/c1-24(2)32(21-36-17-16-31(33(3,4)23-36)27-12-14-30(34)15-13-27)35-20-25-8-6-10-28(18-25)29-11-7-9-26(19-29)22-37-5;;;;;/h6,8,10,14,19,24,27-29,31-32,35H,7,9,11-13,15-18,20-23H2,1-5H3;1H4;4*1H2/t27?,28?,29?,31?,32-;;;;;/m0...../s1. The molecule has 9 N–H and O–H groups in total. The van der Waals surface area contributed by atoms with Crippen LogP contribution in [-0.4, -0.2) is 72.7 Å². The van der Waals surface area contributed by atoms with E-state index in [4.69, 9.17) is 16.3 Å². The van der Waals surface area contributed by atoms with Crippen molar-refractivity contribution in [2.75, 3.05) is 39.9 Å². The van der Waals surface area contributed by atoms with Gasteiger partial charge in [-0.2, -0.15) is 0 Å². The molecule has 0 radical (unpaired) electrons. The van der Waals surface area contributed by atoms with Gasteiger partial charge in [0.2, 0.25) is 0 Å². The summed E-state index contributed by atoms with van der Waals surface area (Å²) < 4.78 is 5.42. The van der Waals surface area contributed by atoms with Gasteiger partial charge in [-0.3, -0.25) is 0 Å². The number of nitrogens with zero attached hydrogens (tertiary/aromatic N) is 1. The van der Waals surface area contributed by atoms with Gasteiger partial charge in [0.05, 0.1) is 6.61 Å². The summed E-state index contributed by atoms with van der Waals surface area (Å²) in [7, 11) is 1.82. The fourth-order valence-corrected chi connectivity index (χ4v) is 7.83. The van der Waals surface area contributed by atoms with Gasteiger partial charge in [-0.15, -0.1) is 0 Å². The van der Waals surface area contributed by atoms with Crippen LogP contribution < -0.4 is 5.32 Å². The number of hydrogen-bond acceptors (Lipinski definition) is 3. The average Bonchev–Trinajstić information content (AvgIpc) is 2.87. The summed E-state index contributed by atoms with van der Waals surface area (Å²) in [6, 6.07) is 0.525. The molecule has 8 heteroatoms. The van der Waals surface area contributed by atoms with Crippen LogP contribution in [0.15, 0.2) is 46.6 Å². The first-order valence-electron chi connectivity index (χ1n) is 15.1. The maximum absolute atomic E-state index is 6.28. The van der Waals surface area contributed by atoms with Crippen molar-refractivity contribution in [1.82, 2.24) is 10.2 Å². The second kappa shape index (κ2) is 20.1. The zero-order valence-corrected chi connectivity index (χ0v) is 27.0. The molecule has 7 nitrogen and oxygen atoms in total. The minimum atomic E-state index is 0. The molecule has 3 aliphatic carbocycles. The molecule has 4 aliphatic rings. The normalized spacial score (nSPS) is 27.8. The molecular formula is C34H65ClN2O5. The molecule has 4 unspecified atom stereocenters. The summed E-state index contributed by atoms with van der Waals surface area (Å²) in [4.78, 5) is 2.75. The van der Waals surface area contributed by atoms with E-state index in [1.165, 1.54) is 63.6 Å². The summed E-state index contributed by atoms with van der Waals surface area (Å²) in [5.74, 6) is 3.54. The van der Waals surface area contributed by atoms with Gasteiger partial charge >= 0.3 is 0 Å². The Hall–Kier alpha value is -1.03. The first kappa shape index (κ1) is 43.1. The number of halogens is 1. The second-order valence-electron chi connectivity index (χ2n) is 13.4. The van der Waals surface area contributed by atoms with Gasteiger partial charge in [0.1, 0.15) is 0 Å². The first-order chi connectivity index (χ1) is 17.7. The second-order valence-corrected chi connectivity index (χ2v) is 13.9. The van der Waals surface area contributed by atoms with Crippen LogP contribution in [0.3, 0.4) is 0 Å². The van der Waals surface area contributed by atoms with E-state index in [9.17, 15) is 0 Å². The van der Waals surface area contributed by atoms with Crippen LogP contribution in [0.2, 0.25) is 0 Å². The van der Waals surface area contributed by atoms with Crippen molar-refractivity contribution in [3.63, 3.8) is 0 Å². The molecule has 1 aliphatic heterocycles. The van der Waals surface area contributed by atoms with E-state index in [-0.39, 0.29) is 29.3 Å². The SMILES string of the molecule is C.COCC1=CC(C2C=CC=C(CN[C@@H](CN3CCC(C4CC=C(Cl)CC4)C(C)(C)C3)C(C)C)C2)CCC1.O.O.O.O. The lowest BCUT2D eigenvalue weighted by Crippen LogP contribution is -2.53. The summed E-state index contributed by atoms with van der Waals surface area (Å²) in [6.45, 7) is 15.2. The van der Waals surface area contributed by atoms with Crippen LogP contribution in [0, 0.1) is 35.0 Å². The van der Waals surface area contributed by atoms with Crippen LogP contribution in [0.1, 0.15) is 86.5 Å². The number of allylic oxidation sites excluding steroid dienone is 6. The summed E-state index contributed by atoms with van der Waals surface area (Å²) in [5.41, 5.74) is 3.42. The maximum atomic E-state index is 6.28. The maximum Gasteiger partial charge on any atom is 0.0673 e. The lowest BCUT2D eigenvalue weighted by Gasteiger charge is -2.49. The lowest BCUT2D eigenvalue weighted by molar-refractivity contribution is 0.0120. The largest absolute Gasteiger partial charge is 0.412 e. The fraction of sp³-hybridized carbons (Fsp3) is 0.765. The monoisotopic (exact) mass is 616 g/mol. The van der Waals surface area contributed by atoms with E-state index in [2.05, 4.69) is 68.3 Å². The number of rotatable bonds is 10. The zero-order chi connectivity index (χ0) is 26.4. The van der Waals surface area contributed by atoms with Crippen molar-refractivity contribution < 1.29 is 26.6 Å². The van der Waals surface area contributed by atoms with E-state index in [0.717, 1.165) is 43.0 Å². The highest BCUT2D eigenvalue weighted by Gasteiger charge is 2.40. The summed E-state index contributed by atoms with van der Waals surface area (Å²) in [5, 5.41) is 5.08. The molecular weight excluding hydrogens is 552 g/mol. The summed E-state index contributed by atoms with van der Waals surface area (Å²) in [6.07, 6.45) is 21.8. The number of ether oxygens (including phenoxy) is 1. The Balaban J connectivity index is 0. The van der Waals surface area contributed by atoms with Crippen molar-refractivity contribution in [2.24, 2.45) is 35.0 Å². The lowest BCUT2D eigenvalue weighted by atomic mass is 9.65. The van der Waals surface area contributed by atoms with E-state index < -0.39 is 0 Å². The van der Waals surface area contributed by atoms with E-state index in [1.807, 2.05) is 7.11 Å². The van der Waals surface area contributed by atoms with E-state index >= 15 is 0 Å². The highest BCUT2D eigenvalue weighted by Crippen LogP contribution is 2.45. The van der Waals surface area contributed by atoms with Crippen LogP contribution in [0.4, 0.5) is 0 Å². The smallest absolute Gasteiger partial charge is 0.0673 e. The van der Waals surface area contributed by atoms with Gasteiger partial charge in [0.25, 0.3) is 0 Å².